The van der Waals surface area contributed by atoms with E-state index >= 15 is 0 Å². The van der Waals surface area contributed by atoms with Crippen LogP contribution in [0.1, 0.15) is 78.1 Å². The SMILES string of the molecule is CCCCCCCC1CCC(C(=O)C=CC(C)=CN2C=CC=CC2)CC1. The molecule has 0 aromatic rings. The van der Waals surface area contributed by atoms with E-state index in [0.717, 1.165) is 30.9 Å². The van der Waals surface area contributed by atoms with Crippen molar-refractivity contribution in [1.82, 2.24) is 4.90 Å². The first-order valence-electron chi connectivity index (χ1n) is 10.7. The minimum absolute atomic E-state index is 0.258. The molecule has 0 unspecified atom stereocenters. The molecule has 0 atom stereocenters. The Morgan fingerprint density at radius 2 is 1.81 bits per heavy atom. The topological polar surface area (TPSA) is 20.3 Å². The summed E-state index contributed by atoms with van der Waals surface area (Å²) in [6, 6.07) is 0. The van der Waals surface area contributed by atoms with Crippen LogP contribution in [0.5, 0.6) is 0 Å². The molecule has 2 aliphatic rings. The maximum atomic E-state index is 12.5. The molecule has 2 rings (SSSR count). The largest absolute Gasteiger partial charge is 0.350 e. The molecular weight excluding hydrogens is 318 g/mol. The number of ketones is 1. The van der Waals surface area contributed by atoms with Crippen molar-refractivity contribution in [3.63, 3.8) is 0 Å². The first kappa shape index (κ1) is 20.7. The van der Waals surface area contributed by atoms with Gasteiger partial charge in [-0.3, -0.25) is 4.79 Å². The van der Waals surface area contributed by atoms with Crippen LogP contribution in [-0.4, -0.2) is 17.2 Å². The van der Waals surface area contributed by atoms with Gasteiger partial charge < -0.3 is 4.90 Å². The van der Waals surface area contributed by atoms with Crippen molar-refractivity contribution in [2.75, 3.05) is 6.54 Å². The van der Waals surface area contributed by atoms with E-state index in [9.17, 15) is 4.79 Å². The first-order chi connectivity index (χ1) is 12.7. The first-order valence-corrected chi connectivity index (χ1v) is 10.7. The Morgan fingerprint density at radius 3 is 2.50 bits per heavy atom. The smallest absolute Gasteiger partial charge is 0.158 e. The molecule has 144 valence electrons. The van der Waals surface area contributed by atoms with Gasteiger partial charge in [-0.15, -0.1) is 0 Å². The molecule has 1 heterocycles. The number of allylic oxidation sites excluding steroid dienone is 5. The van der Waals surface area contributed by atoms with Crippen LogP contribution >= 0.6 is 0 Å². The zero-order valence-electron chi connectivity index (χ0n) is 16.8. The average Bonchev–Trinajstić information content (AvgIpc) is 2.67. The minimum Gasteiger partial charge on any atom is -0.350 e. The lowest BCUT2D eigenvalue weighted by molar-refractivity contribution is -0.119. The lowest BCUT2D eigenvalue weighted by atomic mass is 9.78. The van der Waals surface area contributed by atoms with Crippen LogP contribution in [0.2, 0.25) is 0 Å². The van der Waals surface area contributed by atoms with Crippen molar-refractivity contribution in [1.29, 1.82) is 0 Å². The summed E-state index contributed by atoms with van der Waals surface area (Å²) in [5.74, 6) is 1.45. The van der Waals surface area contributed by atoms with E-state index in [1.807, 2.05) is 18.2 Å². The maximum Gasteiger partial charge on any atom is 0.158 e. The molecule has 0 bridgehead atoms. The van der Waals surface area contributed by atoms with E-state index in [1.54, 1.807) is 0 Å². The normalized spacial score (nSPS) is 23.8. The molecule has 2 heteroatoms. The summed E-state index contributed by atoms with van der Waals surface area (Å²) in [4.78, 5) is 14.6. The van der Waals surface area contributed by atoms with Crippen molar-refractivity contribution < 1.29 is 4.79 Å². The number of carbonyl (C=O) groups excluding carboxylic acids is 1. The van der Waals surface area contributed by atoms with Gasteiger partial charge in [0.2, 0.25) is 0 Å². The van der Waals surface area contributed by atoms with E-state index in [2.05, 4.69) is 43.3 Å². The monoisotopic (exact) mass is 355 g/mol. The summed E-state index contributed by atoms with van der Waals surface area (Å²) in [5.41, 5.74) is 1.12. The Balaban J connectivity index is 1.66. The second-order valence-corrected chi connectivity index (χ2v) is 8.00. The van der Waals surface area contributed by atoms with Crippen molar-refractivity contribution in [2.45, 2.75) is 78.1 Å². The van der Waals surface area contributed by atoms with E-state index in [0.29, 0.717) is 5.78 Å². The number of hydrogen-bond acceptors (Lipinski definition) is 2. The fourth-order valence-electron chi connectivity index (χ4n) is 4.00. The number of nitrogens with zero attached hydrogens (tertiary/aromatic N) is 1. The summed E-state index contributed by atoms with van der Waals surface area (Å²) in [5, 5.41) is 0. The average molecular weight is 356 g/mol. The van der Waals surface area contributed by atoms with Gasteiger partial charge in [-0.1, -0.05) is 63.7 Å². The summed E-state index contributed by atoms with van der Waals surface area (Å²) in [6.07, 6.45) is 27.1. The van der Waals surface area contributed by atoms with E-state index in [4.69, 9.17) is 0 Å². The second kappa shape index (κ2) is 11.9. The number of carbonyl (C=O) groups is 1. The molecular formula is C24H37NO. The third kappa shape index (κ3) is 7.76. The van der Waals surface area contributed by atoms with Crippen LogP contribution in [-0.2, 0) is 4.79 Å². The summed E-state index contributed by atoms with van der Waals surface area (Å²) in [6.45, 7) is 5.23. The van der Waals surface area contributed by atoms with Gasteiger partial charge in [0.25, 0.3) is 0 Å². The Kier molecular flexibility index (Phi) is 9.52. The maximum absolute atomic E-state index is 12.5. The summed E-state index contributed by atoms with van der Waals surface area (Å²) < 4.78 is 0. The molecule has 1 saturated carbocycles. The van der Waals surface area contributed by atoms with Crippen LogP contribution in [0.25, 0.3) is 0 Å². The van der Waals surface area contributed by atoms with Gasteiger partial charge in [0.1, 0.15) is 0 Å². The zero-order chi connectivity index (χ0) is 18.6. The Hall–Kier alpha value is -1.57. The lowest BCUT2D eigenvalue weighted by Crippen LogP contribution is -2.20. The van der Waals surface area contributed by atoms with Gasteiger partial charge in [-0.05, 0) is 56.3 Å². The molecule has 0 N–H and O–H groups in total. The van der Waals surface area contributed by atoms with Crippen LogP contribution < -0.4 is 0 Å². The molecule has 2 nitrogen and oxygen atoms in total. The minimum atomic E-state index is 0.258. The van der Waals surface area contributed by atoms with E-state index in [1.165, 1.54) is 51.4 Å². The van der Waals surface area contributed by atoms with Gasteiger partial charge in [0.15, 0.2) is 5.78 Å². The second-order valence-electron chi connectivity index (χ2n) is 8.00. The highest BCUT2D eigenvalue weighted by Crippen LogP contribution is 2.32. The molecule has 0 aromatic carbocycles. The molecule has 0 amide bonds. The quantitative estimate of drug-likeness (QED) is 0.251. The molecule has 0 saturated heterocycles. The summed E-state index contributed by atoms with van der Waals surface area (Å²) in [7, 11) is 0. The van der Waals surface area contributed by atoms with Gasteiger partial charge >= 0.3 is 0 Å². The predicted octanol–water partition coefficient (Wildman–Crippen LogP) is 6.57. The predicted molar refractivity (Wildman–Crippen MR) is 112 cm³/mol. The molecule has 0 spiro atoms. The van der Waals surface area contributed by atoms with Crippen LogP contribution in [0.4, 0.5) is 0 Å². The number of hydrogen-bond donors (Lipinski definition) is 0. The molecule has 0 radical (unpaired) electrons. The Bertz CT molecular complexity index is 532. The van der Waals surface area contributed by atoms with Crippen molar-refractivity contribution in [3.05, 3.63) is 48.4 Å². The highest BCUT2D eigenvalue weighted by Gasteiger charge is 2.24. The van der Waals surface area contributed by atoms with Gasteiger partial charge in [-0.2, -0.15) is 0 Å². The van der Waals surface area contributed by atoms with Crippen LogP contribution in [0.3, 0.4) is 0 Å². The van der Waals surface area contributed by atoms with Crippen molar-refractivity contribution in [3.8, 4) is 0 Å². The molecule has 1 fully saturated rings. The molecule has 1 aliphatic carbocycles. The van der Waals surface area contributed by atoms with Gasteiger partial charge in [0, 0.05) is 24.9 Å². The van der Waals surface area contributed by atoms with E-state index < -0.39 is 0 Å². The highest BCUT2D eigenvalue weighted by molar-refractivity contribution is 5.92. The Morgan fingerprint density at radius 1 is 1.04 bits per heavy atom. The standard InChI is InChI=1S/C24H37NO/c1-3-4-5-6-8-11-22-13-15-23(16-14-22)24(26)17-12-21(2)20-25-18-9-7-10-19-25/h7,9-10,12,17-18,20,22-23H,3-6,8,11,13-16,19H2,1-2H3. The number of unbranched alkanes of at least 4 members (excludes halogenated alkanes) is 4. The zero-order valence-corrected chi connectivity index (χ0v) is 16.8. The molecule has 26 heavy (non-hydrogen) atoms. The van der Waals surface area contributed by atoms with Gasteiger partial charge in [-0.25, -0.2) is 0 Å². The third-order valence-corrected chi connectivity index (χ3v) is 5.69. The lowest BCUT2D eigenvalue weighted by Gasteiger charge is -2.27. The molecule has 0 aromatic heterocycles. The van der Waals surface area contributed by atoms with Crippen LogP contribution in [0, 0.1) is 11.8 Å². The molecule has 1 aliphatic heterocycles. The fourth-order valence-corrected chi connectivity index (χ4v) is 4.00. The third-order valence-electron chi connectivity index (χ3n) is 5.69. The van der Waals surface area contributed by atoms with E-state index in [-0.39, 0.29) is 5.92 Å². The fraction of sp³-hybridized carbons (Fsp3) is 0.625. The van der Waals surface area contributed by atoms with Crippen LogP contribution in [0.15, 0.2) is 48.4 Å². The number of rotatable bonds is 10. The van der Waals surface area contributed by atoms with Crippen molar-refractivity contribution >= 4 is 5.78 Å². The summed E-state index contributed by atoms with van der Waals surface area (Å²) >= 11 is 0. The van der Waals surface area contributed by atoms with Crippen molar-refractivity contribution in [2.24, 2.45) is 11.8 Å². The highest BCUT2D eigenvalue weighted by atomic mass is 16.1. The van der Waals surface area contributed by atoms with Gasteiger partial charge in [0.05, 0.1) is 0 Å². The Labute approximate surface area is 160 Å².